The fourth-order valence-corrected chi connectivity index (χ4v) is 2.86. The third-order valence-corrected chi connectivity index (χ3v) is 4.11. The minimum Gasteiger partial charge on any atom is -0.349 e. The van der Waals surface area contributed by atoms with Crippen molar-refractivity contribution in [1.82, 2.24) is 15.3 Å². The number of amides is 1. The lowest BCUT2D eigenvalue weighted by Gasteiger charge is -2.29. The molecule has 1 amide bonds. The quantitative estimate of drug-likeness (QED) is 0.869. The molecule has 2 aromatic rings. The predicted molar refractivity (Wildman–Crippen MR) is 75.0 cm³/mol. The van der Waals surface area contributed by atoms with Crippen LogP contribution in [0.15, 0.2) is 24.5 Å². The van der Waals surface area contributed by atoms with Crippen molar-refractivity contribution in [2.24, 2.45) is 5.92 Å². The van der Waals surface area contributed by atoms with E-state index in [9.17, 15) is 4.79 Å². The van der Waals surface area contributed by atoms with Crippen LogP contribution < -0.4 is 5.32 Å². The van der Waals surface area contributed by atoms with Crippen molar-refractivity contribution in [3.8, 4) is 0 Å². The number of benzene rings is 1. The normalized spacial score (nSPS) is 23.4. The molecule has 3 rings (SSSR count). The highest BCUT2D eigenvalue weighted by Crippen LogP contribution is 2.24. The molecule has 0 bridgehead atoms. The average Bonchev–Trinajstić information content (AvgIpc) is 2.88. The van der Waals surface area contributed by atoms with Gasteiger partial charge in [0.1, 0.15) is 0 Å². The summed E-state index contributed by atoms with van der Waals surface area (Å²) in [6, 6.07) is 5.90. The minimum absolute atomic E-state index is 0.0234. The van der Waals surface area contributed by atoms with Crippen LogP contribution in [0.4, 0.5) is 0 Å². The third-order valence-electron chi connectivity index (χ3n) is 4.11. The molecule has 0 radical (unpaired) electrons. The summed E-state index contributed by atoms with van der Waals surface area (Å²) >= 11 is 0. The molecule has 1 aromatic carbocycles. The molecule has 19 heavy (non-hydrogen) atoms. The zero-order chi connectivity index (χ0) is 13.2. The van der Waals surface area contributed by atoms with Crippen molar-refractivity contribution < 1.29 is 4.79 Å². The second-order valence-electron chi connectivity index (χ2n) is 5.48. The summed E-state index contributed by atoms with van der Waals surface area (Å²) in [6.45, 7) is 2.22. The van der Waals surface area contributed by atoms with Crippen LogP contribution >= 0.6 is 0 Å². The number of carbonyl (C=O) groups excluding carboxylic acids is 1. The van der Waals surface area contributed by atoms with Gasteiger partial charge in [0.25, 0.3) is 5.91 Å². The predicted octanol–water partition coefficient (Wildman–Crippen LogP) is 2.87. The summed E-state index contributed by atoms with van der Waals surface area (Å²) in [7, 11) is 0. The van der Waals surface area contributed by atoms with Crippen LogP contribution in [-0.2, 0) is 0 Å². The van der Waals surface area contributed by atoms with Crippen molar-refractivity contribution in [3.63, 3.8) is 0 Å². The first kappa shape index (κ1) is 12.2. The molecule has 4 nitrogen and oxygen atoms in total. The summed E-state index contributed by atoms with van der Waals surface area (Å²) in [6.07, 6.45) is 6.46. The summed E-state index contributed by atoms with van der Waals surface area (Å²) < 4.78 is 0. The van der Waals surface area contributed by atoms with Crippen LogP contribution in [-0.4, -0.2) is 21.9 Å². The van der Waals surface area contributed by atoms with E-state index in [-0.39, 0.29) is 5.91 Å². The number of carbonyl (C=O) groups is 1. The standard InChI is InChI=1S/C15H19N3O/c1-10-4-2-3-5-12(10)18-15(19)11-6-7-13-14(8-11)17-9-16-13/h6-10,12H,2-5H2,1H3,(H,16,17)(H,18,19)/t10-,12-/m1/s1. The molecule has 100 valence electrons. The maximum atomic E-state index is 12.3. The summed E-state index contributed by atoms with van der Waals surface area (Å²) in [5, 5.41) is 3.17. The maximum Gasteiger partial charge on any atom is 0.251 e. The monoisotopic (exact) mass is 257 g/mol. The Bertz CT molecular complexity index is 590. The van der Waals surface area contributed by atoms with Gasteiger partial charge in [-0.05, 0) is 37.0 Å². The van der Waals surface area contributed by atoms with Gasteiger partial charge in [-0.3, -0.25) is 4.79 Å². The number of aromatic nitrogens is 2. The molecule has 1 aromatic heterocycles. The van der Waals surface area contributed by atoms with E-state index in [1.807, 2.05) is 18.2 Å². The molecule has 2 N–H and O–H groups in total. The highest BCUT2D eigenvalue weighted by atomic mass is 16.1. The van der Waals surface area contributed by atoms with Crippen LogP contribution in [0.1, 0.15) is 43.0 Å². The van der Waals surface area contributed by atoms with Gasteiger partial charge in [-0.1, -0.05) is 19.8 Å². The summed E-state index contributed by atoms with van der Waals surface area (Å²) in [5.41, 5.74) is 2.50. The zero-order valence-electron chi connectivity index (χ0n) is 11.1. The molecule has 1 aliphatic rings. The Morgan fingerprint density at radius 2 is 2.21 bits per heavy atom. The first-order chi connectivity index (χ1) is 9.24. The first-order valence-electron chi connectivity index (χ1n) is 6.98. The molecular weight excluding hydrogens is 238 g/mol. The van der Waals surface area contributed by atoms with Gasteiger partial charge in [0.2, 0.25) is 0 Å². The minimum atomic E-state index is 0.0234. The van der Waals surface area contributed by atoms with Crippen LogP contribution in [0.5, 0.6) is 0 Å². The van der Waals surface area contributed by atoms with Crippen molar-refractivity contribution in [3.05, 3.63) is 30.1 Å². The second-order valence-corrected chi connectivity index (χ2v) is 5.48. The average molecular weight is 257 g/mol. The van der Waals surface area contributed by atoms with Crippen LogP contribution in [0.3, 0.4) is 0 Å². The van der Waals surface area contributed by atoms with Gasteiger partial charge >= 0.3 is 0 Å². The smallest absolute Gasteiger partial charge is 0.251 e. The fraction of sp³-hybridized carbons (Fsp3) is 0.467. The molecule has 1 fully saturated rings. The van der Waals surface area contributed by atoms with Gasteiger partial charge in [-0.2, -0.15) is 0 Å². The second kappa shape index (κ2) is 5.03. The highest BCUT2D eigenvalue weighted by Gasteiger charge is 2.23. The Kier molecular flexibility index (Phi) is 3.23. The van der Waals surface area contributed by atoms with Gasteiger partial charge in [0.15, 0.2) is 0 Å². The molecule has 0 spiro atoms. The number of fused-ring (bicyclic) bond motifs is 1. The van der Waals surface area contributed by atoms with E-state index in [0.29, 0.717) is 17.5 Å². The fourth-order valence-electron chi connectivity index (χ4n) is 2.86. The molecule has 0 saturated heterocycles. The molecule has 0 unspecified atom stereocenters. The molecule has 4 heteroatoms. The molecule has 2 atom stereocenters. The summed E-state index contributed by atoms with van der Waals surface area (Å²) in [4.78, 5) is 19.5. The largest absolute Gasteiger partial charge is 0.349 e. The van der Waals surface area contributed by atoms with E-state index in [4.69, 9.17) is 0 Å². The van der Waals surface area contributed by atoms with E-state index in [2.05, 4.69) is 22.2 Å². The van der Waals surface area contributed by atoms with Crippen LogP contribution in [0, 0.1) is 5.92 Å². The molecular formula is C15H19N3O. The van der Waals surface area contributed by atoms with E-state index >= 15 is 0 Å². The van der Waals surface area contributed by atoms with Crippen LogP contribution in [0.2, 0.25) is 0 Å². The first-order valence-corrected chi connectivity index (χ1v) is 6.98. The van der Waals surface area contributed by atoms with Crippen molar-refractivity contribution in [2.45, 2.75) is 38.6 Å². The van der Waals surface area contributed by atoms with Crippen molar-refractivity contribution in [1.29, 1.82) is 0 Å². The lowest BCUT2D eigenvalue weighted by Crippen LogP contribution is -2.41. The molecule has 1 heterocycles. The zero-order valence-corrected chi connectivity index (χ0v) is 11.1. The Labute approximate surface area is 112 Å². The Hall–Kier alpha value is -1.84. The van der Waals surface area contributed by atoms with E-state index in [1.165, 1.54) is 19.3 Å². The third kappa shape index (κ3) is 2.48. The van der Waals surface area contributed by atoms with Gasteiger partial charge in [0, 0.05) is 11.6 Å². The van der Waals surface area contributed by atoms with Crippen molar-refractivity contribution in [2.75, 3.05) is 0 Å². The van der Waals surface area contributed by atoms with Gasteiger partial charge in [0.05, 0.1) is 17.4 Å². The number of nitrogens with zero attached hydrogens (tertiary/aromatic N) is 1. The topological polar surface area (TPSA) is 57.8 Å². The van der Waals surface area contributed by atoms with Crippen molar-refractivity contribution >= 4 is 16.9 Å². The number of rotatable bonds is 2. The number of imidazole rings is 1. The molecule has 1 aliphatic carbocycles. The SMILES string of the molecule is C[C@@H]1CCCC[C@H]1NC(=O)c1ccc2nc[nH]c2c1. The number of hydrogen-bond donors (Lipinski definition) is 2. The molecule has 0 aliphatic heterocycles. The lowest BCUT2D eigenvalue weighted by atomic mass is 9.86. The lowest BCUT2D eigenvalue weighted by molar-refractivity contribution is 0.0910. The van der Waals surface area contributed by atoms with E-state index in [0.717, 1.165) is 17.5 Å². The summed E-state index contributed by atoms with van der Waals surface area (Å²) in [5.74, 6) is 0.601. The number of nitrogens with one attached hydrogen (secondary N) is 2. The van der Waals surface area contributed by atoms with Crippen LogP contribution in [0.25, 0.3) is 11.0 Å². The van der Waals surface area contributed by atoms with Gasteiger partial charge in [-0.25, -0.2) is 4.98 Å². The van der Waals surface area contributed by atoms with Gasteiger partial charge in [-0.15, -0.1) is 0 Å². The maximum absolute atomic E-state index is 12.3. The van der Waals surface area contributed by atoms with Gasteiger partial charge < -0.3 is 10.3 Å². The van der Waals surface area contributed by atoms with E-state index < -0.39 is 0 Å². The number of hydrogen-bond acceptors (Lipinski definition) is 2. The highest BCUT2D eigenvalue weighted by molar-refractivity contribution is 5.97. The number of H-pyrrole nitrogens is 1. The van der Waals surface area contributed by atoms with E-state index in [1.54, 1.807) is 6.33 Å². The Balaban J connectivity index is 1.75. The number of aromatic amines is 1. The Morgan fingerprint density at radius 3 is 3.05 bits per heavy atom. The molecule has 1 saturated carbocycles. The Morgan fingerprint density at radius 1 is 1.37 bits per heavy atom.